The maximum atomic E-state index is 14.1. The zero-order chi connectivity index (χ0) is 63.3. The SMILES string of the molecule is CCCCCCCCCCCCCCCCCCN(CCCCCCCCCCCCCCCCCC)C(=O)COC(=O)CN1CCN(CC(=O)OCc2ccccc2)CCN(CC(=O)OCc2ccccc2)CCN(CC(=O)OCc2ccccc2)CC1. The summed E-state index contributed by atoms with van der Waals surface area (Å²) in [6.45, 7) is 9.14. The highest BCUT2D eigenvalue weighted by molar-refractivity contribution is 5.81. The van der Waals surface area contributed by atoms with Crippen molar-refractivity contribution in [3.05, 3.63) is 108 Å². The number of hydrogen-bond donors (Lipinski definition) is 0. The first kappa shape index (κ1) is 76.3. The van der Waals surface area contributed by atoms with E-state index in [1.807, 2.05) is 115 Å². The van der Waals surface area contributed by atoms with Crippen molar-refractivity contribution in [2.24, 2.45) is 0 Å². The number of amides is 1. The van der Waals surface area contributed by atoms with Gasteiger partial charge in [0.25, 0.3) is 5.91 Å². The van der Waals surface area contributed by atoms with Crippen molar-refractivity contribution >= 4 is 29.8 Å². The average Bonchev–Trinajstić information content (AvgIpc) is 3.72. The van der Waals surface area contributed by atoms with Crippen molar-refractivity contribution in [2.45, 2.75) is 239 Å². The van der Waals surface area contributed by atoms with E-state index in [9.17, 15) is 24.0 Å². The van der Waals surface area contributed by atoms with Gasteiger partial charge in [-0.1, -0.05) is 297 Å². The Morgan fingerprint density at radius 1 is 0.303 bits per heavy atom. The molecule has 0 atom stereocenters. The van der Waals surface area contributed by atoms with Gasteiger partial charge in [-0.05, 0) is 29.5 Å². The maximum absolute atomic E-state index is 14.1. The fourth-order valence-corrected chi connectivity index (χ4v) is 11.6. The Morgan fingerprint density at radius 3 is 0.753 bits per heavy atom. The lowest BCUT2D eigenvalue weighted by Crippen LogP contribution is -2.49. The van der Waals surface area contributed by atoms with Gasteiger partial charge in [-0.15, -0.1) is 0 Å². The molecule has 0 aromatic heterocycles. The van der Waals surface area contributed by atoms with Gasteiger partial charge >= 0.3 is 23.9 Å². The van der Waals surface area contributed by atoms with Crippen molar-refractivity contribution in [1.82, 2.24) is 24.5 Å². The van der Waals surface area contributed by atoms with Gasteiger partial charge in [-0.3, -0.25) is 43.6 Å². The molecule has 0 aliphatic carbocycles. The molecular weight excluding hydrogens is 1110 g/mol. The molecule has 1 aliphatic heterocycles. The molecule has 3 aromatic carbocycles. The molecule has 1 amide bonds. The lowest BCUT2D eigenvalue weighted by Gasteiger charge is -2.33. The lowest BCUT2D eigenvalue weighted by molar-refractivity contribution is -0.153. The van der Waals surface area contributed by atoms with Crippen molar-refractivity contribution < 1.29 is 42.9 Å². The fraction of sp³-hybridized carbons (Fsp3) is 0.693. The molecule has 1 saturated heterocycles. The third kappa shape index (κ3) is 41.1. The summed E-state index contributed by atoms with van der Waals surface area (Å²) in [5.74, 6) is -1.80. The molecule has 89 heavy (non-hydrogen) atoms. The molecule has 0 spiro atoms. The number of unbranched alkanes of at least 4 members (excludes halogenated alkanes) is 30. The summed E-state index contributed by atoms with van der Waals surface area (Å²) >= 11 is 0. The molecule has 1 fully saturated rings. The van der Waals surface area contributed by atoms with E-state index in [0.29, 0.717) is 65.4 Å². The van der Waals surface area contributed by atoms with Gasteiger partial charge in [0.1, 0.15) is 19.8 Å². The van der Waals surface area contributed by atoms with Crippen molar-refractivity contribution in [1.29, 1.82) is 0 Å². The van der Waals surface area contributed by atoms with Gasteiger partial charge in [0, 0.05) is 65.4 Å². The zero-order valence-electron chi connectivity index (χ0n) is 55.9. The van der Waals surface area contributed by atoms with E-state index in [1.165, 1.54) is 180 Å². The second-order valence-electron chi connectivity index (χ2n) is 25.2. The Balaban J connectivity index is 1.34. The number of nitrogens with zero attached hydrogens (tertiary/aromatic N) is 5. The molecule has 1 heterocycles. The molecule has 14 heteroatoms. The van der Waals surface area contributed by atoms with Crippen LogP contribution in [0.2, 0.25) is 0 Å². The molecule has 0 N–H and O–H groups in total. The highest BCUT2D eigenvalue weighted by Crippen LogP contribution is 2.17. The molecule has 0 radical (unpaired) electrons. The van der Waals surface area contributed by atoms with Crippen LogP contribution in [-0.2, 0) is 62.7 Å². The molecule has 0 unspecified atom stereocenters. The maximum Gasteiger partial charge on any atom is 0.320 e. The first-order valence-electron chi connectivity index (χ1n) is 35.6. The van der Waals surface area contributed by atoms with E-state index in [2.05, 4.69) is 13.8 Å². The topological polar surface area (TPSA) is 138 Å². The number of carbonyl (C=O) groups excluding carboxylic acids is 5. The van der Waals surface area contributed by atoms with Crippen LogP contribution < -0.4 is 0 Å². The van der Waals surface area contributed by atoms with Crippen LogP contribution in [0.15, 0.2) is 91.0 Å². The van der Waals surface area contributed by atoms with Crippen molar-refractivity contribution in [3.8, 4) is 0 Å². The first-order valence-corrected chi connectivity index (χ1v) is 35.6. The van der Waals surface area contributed by atoms with E-state index >= 15 is 0 Å². The largest absolute Gasteiger partial charge is 0.460 e. The number of carbonyl (C=O) groups is 5. The molecule has 3 aromatic rings. The minimum absolute atomic E-state index is 0.0000679. The third-order valence-electron chi connectivity index (χ3n) is 17.3. The van der Waals surface area contributed by atoms with Gasteiger partial charge in [-0.2, -0.15) is 0 Å². The molecule has 0 saturated carbocycles. The molecule has 4 rings (SSSR count). The second-order valence-corrected chi connectivity index (χ2v) is 25.2. The van der Waals surface area contributed by atoms with Crippen LogP contribution >= 0.6 is 0 Å². The van der Waals surface area contributed by atoms with Crippen molar-refractivity contribution in [2.75, 3.05) is 98.2 Å². The third-order valence-corrected chi connectivity index (χ3v) is 17.3. The Hall–Kier alpha value is -5.15. The van der Waals surface area contributed by atoms with E-state index in [0.717, 1.165) is 42.4 Å². The van der Waals surface area contributed by atoms with Crippen molar-refractivity contribution in [3.63, 3.8) is 0 Å². The summed E-state index contributed by atoms with van der Waals surface area (Å²) in [6.07, 6.45) is 41.4. The molecule has 1 aliphatic rings. The molecular formula is C75H121N5O9. The Labute approximate surface area is 539 Å². The summed E-state index contributed by atoms with van der Waals surface area (Å²) in [5.41, 5.74) is 2.66. The number of benzene rings is 3. The molecule has 500 valence electrons. The van der Waals surface area contributed by atoms with Gasteiger partial charge in [-0.25, -0.2) is 0 Å². The predicted molar refractivity (Wildman–Crippen MR) is 361 cm³/mol. The highest BCUT2D eigenvalue weighted by atomic mass is 16.5. The molecule has 0 bridgehead atoms. The Kier molecular flexibility index (Phi) is 45.0. The van der Waals surface area contributed by atoms with Crippen LogP contribution in [0.25, 0.3) is 0 Å². The number of hydrogen-bond acceptors (Lipinski definition) is 13. The fourth-order valence-electron chi connectivity index (χ4n) is 11.6. The van der Waals surface area contributed by atoms with Crippen LogP contribution in [-0.4, -0.2) is 153 Å². The summed E-state index contributed by atoms with van der Waals surface area (Å²) < 4.78 is 23.1. The minimum Gasteiger partial charge on any atom is -0.460 e. The van der Waals surface area contributed by atoms with Crippen LogP contribution in [0.1, 0.15) is 236 Å². The van der Waals surface area contributed by atoms with Gasteiger partial charge in [0.2, 0.25) is 0 Å². The summed E-state index contributed by atoms with van der Waals surface area (Å²) in [5, 5.41) is 0. The van der Waals surface area contributed by atoms with Crippen LogP contribution in [0, 0.1) is 0 Å². The Bertz CT molecular complexity index is 2110. The zero-order valence-corrected chi connectivity index (χ0v) is 55.9. The standard InChI is InChI=1S/C75H121N5O9/c1-3-5-7-9-11-13-15-17-19-21-23-25-27-29-31-42-50-80(51-43-32-30-28-26-24-22-20-18-16-14-12-10-8-6-4-2)71(81)67-89-75(85)63-79-58-56-77(61-73(83)87-65-69-46-38-34-39-47-69)54-52-76(60-72(82)86-64-68-44-36-33-37-45-68)53-55-78(57-59-79)62-74(84)88-66-70-48-40-35-41-49-70/h33-41,44-49H,3-32,42-43,50-67H2,1-2H3. The average molecular weight is 1240 g/mol. The van der Waals surface area contributed by atoms with Crippen LogP contribution in [0.5, 0.6) is 0 Å². The van der Waals surface area contributed by atoms with Crippen LogP contribution in [0.4, 0.5) is 0 Å². The summed E-state index contributed by atoms with van der Waals surface area (Å²) in [4.78, 5) is 78.2. The Morgan fingerprint density at radius 2 is 0.517 bits per heavy atom. The van der Waals surface area contributed by atoms with Gasteiger partial charge < -0.3 is 23.8 Å². The monoisotopic (exact) mass is 1240 g/mol. The van der Waals surface area contributed by atoms with E-state index in [1.54, 1.807) is 0 Å². The quantitative estimate of drug-likeness (QED) is 0.0301. The lowest BCUT2D eigenvalue weighted by atomic mass is 10.0. The van der Waals surface area contributed by atoms with Gasteiger partial charge in [0.05, 0.1) is 26.2 Å². The number of ether oxygens (including phenoxy) is 4. The number of rotatable bonds is 50. The normalized spacial score (nSPS) is 14.0. The summed E-state index contributed by atoms with van der Waals surface area (Å²) in [6, 6.07) is 28.7. The van der Waals surface area contributed by atoms with E-state index in [4.69, 9.17) is 18.9 Å². The van der Waals surface area contributed by atoms with E-state index in [-0.39, 0.29) is 76.4 Å². The highest BCUT2D eigenvalue weighted by Gasteiger charge is 2.24. The number of esters is 4. The van der Waals surface area contributed by atoms with E-state index < -0.39 is 5.97 Å². The van der Waals surface area contributed by atoms with Gasteiger partial charge in [0.15, 0.2) is 6.61 Å². The molecule has 14 nitrogen and oxygen atoms in total. The smallest absolute Gasteiger partial charge is 0.320 e. The minimum atomic E-state index is -0.502. The summed E-state index contributed by atoms with van der Waals surface area (Å²) in [7, 11) is 0. The first-order chi connectivity index (χ1) is 43.7. The predicted octanol–water partition coefficient (Wildman–Crippen LogP) is 15.3. The second kappa shape index (κ2) is 52.5. The van der Waals surface area contributed by atoms with Crippen LogP contribution in [0.3, 0.4) is 0 Å².